The maximum atomic E-state index is 5.96. The molecule has 0 radical (unpaired) electrons. The third kappa shape index (κ3) is 22.7. The number of aryl methyl sites for hydroxylation is 2. The molecule has 2 atom stereocenters. The Bertz CT molecular complexity index is 1600. The summed E-state index contributed by atoms with van der Waals surface area (Å²) in [5.41, 5.74) is 9.53. The molecule has 2 aliphatic carbocycles. The molecular weight excluding hydrogens is 758 g/mol. The van der Waals surface area contributed by atoms with Crippen LogP contribution in [0.25, 0.3) is 10.9 Å². The number of likely N-dealkylation sites (N-methyl/N-ethyl adjacent to an activating group) is 1. The Hall–Kier alpha value is -3.05. The maximum absolute atomic E-state index is 5.96. The van der Waals surface area contributed by atoms with Crippen LogP contribution in [0.4, 0.5) is 0 Å². The maximum Gasteiger partial charge on any atom is 0.163 e. The number of benzene rings is 1. The van der Waals surface area contributed by atoms with E-state index in [1.807, 2.05) is 102 Å². The van der Waals surface area contributed by atoms with Crippen LogP contribution in [-0.4, -0.2) is 63.3 Å². The van der Waals surface area contributed by atoms with Gasteiger partial charge in [-0.05, 0) is 121 Å². The number of rotatable bonds is 17. The van der Waals surface area contributed by atoms with Crippen molar-refractivity contribution in [2.75, 3.05) is 53.3 Å². The van der Waals surface area contributed by atoms with Crippen LogP contribution in [0.5, 0.6) is 11.5 Å². The van der Waals surface area contributed by atoms with Gasteiger partial charge in [0, 0.05) is 23.7 Å². The molecule has 2 aliphatic rings. The van der Waals surface area contributed by atoms with Gasteiger partial charge in [0.2, 0.25) is 0 Å². The van der Waals surface area contributed by atoms with Crippen molar-refractivity contribution >= 4 is 18.8 Å². The molecule has 344 valence electrons. The Kier molecular flexibility index (Phi) is 38.5. The van der Waals surface area contributed by atoms with Gasteiger partial charge in [-0.2, -0.15) is 0 Å². The predicted molar refractivity (Wildman–Crippen MR) is 273 cm³/mol. The second-order valence-electron chi connectivity index (χ2n) is 14.0. The van der Waals surface area contributed by atoms with Crippen LogP contribution in [-0.2, 0) is 4.74 Å². The number of nitrogens with one attached hydrogen (secondary N) is 1. The normalized spacial score (nSPS) is 16.0. The fourth-order valence-electron chi connectivity index (χ4n) is 6.59. The standard InChI is InChI=1S/C27H39N2O3P.C16H25N.5C2H6/c1-8-22-9-10-27(5,18-22)17-19(2)33(7)14-13-31-11-12-32-26-16-24-23(15-25(26)30-6)20(3)28-21(4)29-24;1-5-13(3)11-14(6-2)16-10-8-7-9-15(16)12-17-4;5*1-2/h9,15-16H,2,8,10-14,17-18H2,1,3-7H3;6,8,10-11,17H,5,7,9,12H2,1-4H3;5*1-2H3/b;13-11+,14-6+;;;;;. The molecule has 7 heteroatoms. The summed E-state index contributed by atoms with van der Waals surface area (Å²) in [6, 6.07) is 3.87. The summed E-state index contributed by atoms with van der Waals surface area (Å²) in [6.07, 6.45) is 20.8. The number of aromatic nitrogens is 2. The molecule has 2 aromatic rings. The molecule has 2 unspecified atom stereocenters. The van der Waals surface area contributed by atoms with Crippen molar-refractivity contribution in [3.05, 3.63) is 93.8 Å². The summed E-state index contributed by atoms with van der Waals surface area (Å²) in [5, 5.41) is 5.66. The lowest BCUT2D eigenvalue weighted by Gasteiger charge is -2.28. The molecule has 6 nitrogen and oxygen atoms in total. The van der Waals surface area contributed by atoms with E-state index in [0.29, 0.717) is 30.1 Å². The molecule has 0 fully saturated rings. The monoisotopic (exact) mass is 852 g/mol. The van der Waals surface area contributed by atoms with Crippen molar-refractivity contribution in [2.24, 2.45) is 5.41 Å². The van der Waals surface area contributed by atoms with Gasteiger partial charge in [0.25, 0.3) is 0 Å². The van der Waals surface area contributed by atoms with Gasteiger partial charge in [-0.3, -0.25) is 0 Å². The largest absolute Gasteiger partial charge is 0.493 e. The predicted octanol–water partition coefficient (Wildman–Crippen LogP) is 16.1. The number of hydrogen-bond acceptors (Lipinski definition) is 6. The van der Waals surface area contributed by atoms with E-state index in [2.05, 4.69) is 93.5 Å². The second-order valence-corrected chi connectivity index (χ2v) is 16.5. The molecule has 0 amide bonds. The van der Waals surface area contributed by atoms with Crippen LogP contribution in [0.1, 0.15) is 160 Å². The van der Waals surface area contributed by atoms with Crippen molar-refractivity contribution in [2.45, 2.75) is 163 Å². The lowest BCUT2D eigenvalue weighted by atomic mass is 9.83. The molecule has 0 spiro atoms. The Morgan fingerprint density at radius 1 is 0.950 bits per heavy atom. The molecule has 1 heterocycles. The van der Waals surface area contributed by atoms with Crippen LogP contribution >= 0.6 is 7.92 Å². The highest BCUT2D eigenvalue weighted by molar-refractivity contribution is 7.61. The first kappa shape index (κ1) is 61.3. The number of ether oxygens (including phenoxy) is 3. The van der Waals surface area contributed by atoms with Crippen molar-refractivity contribution in [3.8, 4) is 11.5 Å². The van der Waals surface area contributed by atoms with E-state index in [0.717, 1.165) is 54.6 Å². The Morgan fingerprint density at radius 2 is 1.60 bits per heavy atom. The van der Waals surface area contributed by atoms with Gasteiger partial charge in [0.1, 0.15) is 12.4 Å². The lowest BCUT2D eigenvalue weighted by molar-refractivity contribution is 0.110. The van der Waals surface area contributed by atoms with Gasteiger partial charge < -0.3 is 19.5 Å². The third-order valence-corrected chi connectivity index (χ3v) is 11.8. The summed E-state index contributed by atoms with van der Waals surface area (Å²) in [7, 11) is 3.44. The van der Waals surface area contributed by atoms with Crippen LogP contribution in [0.3, 0.4) is 0 Å². The van der Waals surface area contributed by atoms with Gasteiger partial charge in [0.05, 0.1) is 25.8 Å². The van der Waals surface area contributed by atoms with Gasteiger partial charge in [-0.15, -0.1) is 0 Å². The Labute approximate surface area is 373 Å². The molecule has 0 saturated heterocycles. The molecule has 0 bridgehead atoms. The highest BCUT2D eigenvalue weighted by Gasteiger charge is 2.30. The highest BCUT2D eigenvalue weighted by atomic mass is 31.1. The first-order valence-electron chi connectivity index (χ1n) is 23.4. The molecule has 1 aromatic heterocycles. The van der Waals surface area contributed by atoms with Gasteiger partial charge >= 0.3 is 0 Å². The zero-order valence-corrected chi connectivity index (χ0v) is 43.7. The van der Waals surface area contributed by atoms with Gasteiger partial charge in [0.15, 0.2) is 11.5 Å². The van der Waals surface area contributed by atoms with E-state index in [9.17, 15) is 0 Å². The first-order valence-corrected chi connectivity index (χ1v) is 25.4. The van der Waals surface area contributed by atoms with Crippen molar-refractivity contribution < 1.29 is 14.2 Å². The molecule has 0 saturated carbocycles. The zero-order chi connectivity index (χ0) is 46.7. The summed E-state index contributed by atoms with van der Waals surface area (Å²) < 4.78 is 17.4. The summed E-state index contributed by atoms with van der Waals surface area (Å²) in [4.78, 5) is 8.96. The minimum atomic E-state index is -0.225. The fourth-order valence-corrected chi connectivity index (χ4v) is 7.96. The van der Waals surface area contributed by atoms with E-state index in [1.165, 1.54) is 59.7 Å². The lowest BCUT2D eigenvalue weighted by Crippen LogP contribution is -2.14. The second kappa shape index (κ2) is 37.7. The number of nitrogens with zero attached hydrogens (tertiary/aromatic N) is 2. The number of fused-ring (bicyclic) bond motifs is 1. The summed E-state index contributed by atoms with van der Waals surface area (Å²) in [6.45, 7) is 44.6. The minimum Gasteiger partial charge on any atom is -0.493 e. The SMILES string of the molecule is C/C=C(\C=C(/C)CC)C1=C(CNC)CCC=C1.C=C(CC1(C)CC=C(CC)C1)P(C)CCOCCOc1cc2nc(C)nc(C)c2cc1OC.CC.CC.CC.CC.CC. The van der Waals surface area contributed by atoms with Crippen LogP contribution in [0, 0.1) is 19.3 Å². The average molecular weight is 852 g/mol. The van der Waals surface area contributed by atoms with Crippen LogP contribution in [0.2, 0.25) is 0 Å². The van der Waals surface area contributed by atoms with E-state index >= 15 is 0 Å². The Balaban J connectivity index is -0.00000101. The number of methoxy groups -OCH3 is 1. The van der Waals surface area contributed by atoms with E-state index in [-0.39, 0.29) is 7.92 Å². The van der Waals surface area contributed by atoms with Crippen LogP contribution < -0.4 is 14.8 Å². The van der Waals surface area contributed by atoms with Crippen molar-refractivity contribution in [1.29, 1.82) is 0 Å². The van der Waals surface area contributed by atoms with Gasteiger partial charge in [-0.1, -0.05) is 151 Å². The molecule has 0 aliphatic heterocycles. The van der Waals surface area contributed by atoms with Crippen LogP contribution in [0.15, 0.2) is 82.3 Å². The zero-order valence-electron chi connectivity index (χ0n) is 42.8. The molecule has 4 rings (SSSR count). The van der Waals surface area contributed by atoms with E-state index in [1.54, 1.807) is 12.7 Å². The molecule has 1 aromatic carbocycles. The van der Waals surface area contributed by atoms with Crippen molar-refractivity contribution in [3.63, 3.8) is 0 Å². The highest BCUT2D eigenvalue weighted by Crippen LogP contribution is 2.50. The van der Waals surface area contributed by atoms with Crippen molar-refractivity contribution in [1.82, 2.24) is 15.3 Å². The van der Waals surface area contributed by atoms with E-state index in [4.69, 9.17) is 14.2 Å². The molecule has 1 N–H and O–H groups in total. The number of allylic oxidation sites excluding steroid dienone is 10. The van der Waals surface area contributed by atoms with E-state index < -0.39 is 0 Å². The smallest absolute Gasteiger partial charge is 0.163 e. The summed E-state index contributed by atoms with van der Waals surface area (Å²) in [5.74, 6) is 2.12. The number of hydrogen-bond donors (Lipinski definition) is 1. The fraction of sp³-hybridized carbons (Fsp3) is 0.623. The third-order valence-electron chi connectivity index (χ3n) is 9.75. The molecular formula is C53H94N3O3P. The first-order chi connectivity index (χ1) is 29.0. The molecule has 60 heavy (non-hydrogen) atoms. The topological polar surface area (TPSA) is 65.5 Å². The average Bonchev–Trinajstić information content (AvgIpc) is 3.67. The van der Waals surface area contributed by atoms with Gasteiger partial charge in [-0.25, -0.2) is 9.97 Å². The summed E-state index contributed by atoms with van der Waals surface area (Å²) >= 11 is 0. The quantitative estimate of drug-likeness (QED) is 0.0740. The Morgan fingerprint density at radius 3 is 2.15 bits per heavy atom. The minimum absolute atomic E-state index is 0.225.